The maximum Gasteiger partial charge on any atom is 0.104 e. The molecule has 0 amide bonds. The number of rotatable bonds is 3. The topological polar surface area (TPSA) is 20.2 Å². The summed E-state index contributed by atoms with van der Waals surface area (Å²) in [7, 11) is 0. The number of aliphatic hydroxyl groups excluding tert-OH is 1. The second-order valence-electron chi connectivity index (χ2n) is 6.49. The van der Waals surface area contributed by atoms with Crippen LogP contribution in [0, 0.1) is 20.8 Å². The maximum absolute atomic E-state index is 10.7. The van der Waals surface area contributed by atoms with Gasteiger partial charge in [-0.15, -0.1) is 0 Å². The summed E-state index contributed by atoms with van der Waals surface area (Å²) in [5.74, 6) is 0.750. The van der Waals surface area contributed by atoms with Crippen LogP contribution in [0.25, 0.3) is 0 Å². The Morgan fingerprint density at radius 1 is 0.905 bits per heavy atom. The minimum atomic E-state index is -0.528. The van der Waals surface area contributed by atoms with Gasteiger partial charge in [0.1, 0.15) is 6.10 Å². The molecule has 0 radical (unpaired) electrons. The molecule has 1 saturated carbocycles. The van der Waals surface area contributed by atoms with E-state index >= 15 is 0 Å². The molecule has 1 nitrogen and oxygen atoms in total. The van der Waals surface area contributed by atoms with E-state index in [9.17, 15) is 5.11 Å². The monoisotopic (exact) mass is 280 g/mol. The summed E-state index contributed by atoms with van der Waals surface area (Å²) in [6.07, 6.45) is 3.47. The number of aliphatic hydroxyl groups is 1. The summed E-state index contributed by atoms with van der Waals surface area (Å²) in [5.41, 5.74) is 7.12. The second-order valence-corrected chi connectivity index (χ2v) is 6.49. The first-order valence-corrected chi connectivity index (χ1v) is 7.92. The lowest BCUT2D eigenvalue weighted by Crippen LogP contribution is -2.09. The minimum Gasteiger partial charge on any atom is -0.384 e. The first-order chi connectivity index (χ1) is 10.1. The van der Waals surface area contributed by atoms with Crippen molar-refractivity contribution in [1.29, 1.82) is 0 Å². The number of benzene rings is 2. The summed E-state index contributed by atoms with van der Waals surface area (Å²) in [4.78, 5) is 0. The van der Waals surface area contributed by atoms with E-state index in [1.807, 2.05) is 0 Å². The van der Waals surface area contributed by atoms with Crippen LogP contribution >= 0.6 is 0 Å². The third-order valence-electron chi connectivity index (χ3n) is 5.01. The van der Waals surface area contributed by atoms with Crippen molar-refractivity contribution >= 4 is 0 Å². The molecule has 0 heterocycles. The van der Waals surface area contributed by atoms with Crippen LogP contribution in [0.5, 0.6) is 0 Å². The fourth-order valence-electron chi connectivity index (χ4n) is 3.15. The van der Waals surface area contributed by atoms with Crippen LogP contribution in [0.3, 0.4) is 0 Å². The first kappa shape index (κ1) is 14.3. The van der Waals surface area contributed by atoms with Crippen molar-refractivity contribution in [3.63, 3.8) is 0 Å². The lowest BCUT2D eigenvalue weighted by Gasteiger charge is -2.26. The van der Waals surface area contributed by atoms with Gasteiger partial charge in [0.05, 0.1) is 0 Å². The van der Waals surface area contributed by atoms with Gasteiger partial charge in [-0.05, 0) is 72.9 Å². The molecular formula is C20H24O. The second kappa shape index (κ2) is 5.65. The molecule has 1 aliphatic rings. The van der Waals surface area contributed by atoms with E-state index in [0.717, 1.165) is 22.6 Å². The molecule has 110 valence electrons. The van der Waals surface area contributed by atoms with Crippen LogP contribution in [0.15, 0.2) is 36.4 Å². The molecular weight excluding hydrogens is 256 g/mol. The molecule has 1 fully saturated rings. The van der Waals surface area contributed by atoms with E-state index < -0.39 is 6.10 Å². The van der Waals surface area contributed by atoms with E-state index in [-0.39, 0.29) is 0 Å². The molecule has 0 aliphatic heterocycles. The highest BCUT2D eigenvalue weighted by atomic mass is 16.3. The van der Waals surface area contributed by atoms with Crippen LogP contribution in [0.2, 0.25) is 0 Å². The Kier molecular flexibility index (Phi) is 3.86. The van der Waals surface area contributed by atoms with Crippen molar-refractivity contribution in [2.24, 2.45) is 0 Å². The summed E-state index contributed by atoms with van der Waals surface area (Å²) in [6.45, 7) is 6.30. The maximum atomic E-state index is 10.7. The molecule has 3 rings (SSSR count). The van der Waals surface area contributed by atoms with Gasteiger partial charge in [-0.25, -0.2) is 0 Å². The molecule has 1 atom stereocenters. The highest BCUT2D eigenvalue weighted by Gasteiger charge is 2.20. The number of hydrogen-bond acceptors (Lipinski definition) is 1. The fraction of sp³-hybridized carbons (Fsp3) is 0.400. The van der Waals surface area contributed by atoms with Crippen molar-refractivity contribution < 1.29 is 5.11 Å². The van der Waals surface area contributed by atoms with Gasteiger partial charge < -0.3 is 5.11 Å². The normalized spacial score (nSPS) is 16.6. The highest BCUT2D eigenvalue weighted by molar-refractivity contribution is 5.42. The zero-order valence-corrected chi connectivity index (χ0v) is 13.2. The molecule has 2 aromatic rings. The molecule has 1 unspecified atom stereocenters. The lowest BCUT2D eigenvalue weighted by atomic mass is 9.79. The van der Waals surface area contributed by atoms with E-state index in [4.69, 9.17) is 0 Å². The quantitative estimate of drug-likeness (QED) is 0.842. The van der Waals surface area contributed by atoms with Gasteiger partial charge in [-0.2, -0.15) is 0 Å². The predicted octanol–water partition coefficient (Wildman–Crippen LogP) is 4.96. The first-order valence-electron chi connectivity index (χ1n) is 7.92. The third kappa shape index (κ3) is 2.75. The van der Waals surface area contributed by atoms with E-state index in [2.05, 4.69) is 57.2 Å². The molecule has 1 heteroatoms. The van der Waals surface area contributed by atoms with Crippen molar-refractivity contribution in [3.05, 3.63) is 69.8 Å². The van der Waals surface area contributed by atoms with E-state index in [0.29, 0.717) is 0 Å². The summed E-state index contributed by atoms with van der Waals surface area (Å²) < 4.78 is 0. The zero-order valence-electron chi connectivity index (χ0n) is 13.2. The summed E-state index contributed by atoms with van der Waals surface area (Å²) in [5, 5.41) is 10.7. The predicted molar refractivity (Wildman–Crippen MR) is 87.7 cm³/mol. The minimum absolute atomic E-state index is 0.528. The molecule has 1 aliphatic carbocycles. The van der Waals surface area contributed by atoms with Gasteiger partial charge in [0.25, 0.3) is 0 Å². The molecule has 0 bridgehead atoms. The Morgan fingerprint density at radius 2 is 1.52 bits per heavy atom. The Balaban J connectivity index is 1.87. The van der Waals surface area contributed by atoms with Gasteiger partial charge in [-0.1, -0.05) is 42.8 Å². The molecule has 2 aromatic carbocycles. The van der Waals surface area contributed by atoms with Crippen LogP contribution in [0.4, 0.5) is 0 Å². The smallest absolute Gasteiger partial charge is 0.104 e. The average Bonchev–Trinajstić information content (AvgIpc) is 2.41. The lowest BCUT2D eigenvalue weighted by molar-refractivity contribution is 0.219. The van der Waals surface area contributed by atoms with Crippen molar-refractivity contribution in [2.75, 3.05) is 0 Å². The highest BCUT2D eigenvalue weighted by Crippen LogP contribution is 2.37. The third-order valence-corrected chi connectivity index (χ3v) is 5.01. The standard InChI is InChI=1S/C20H24O/c1-13-11-15(3)19(12-14(13)2)20(21)18-9-7-17(8-10-18)16-5-4-6-16/h7-12,16,20-21H,4-6H2,1-3H3. The van der Waals surface area contributed by atoms with Gasteiger partial charge in [-0.3, -0.25) is 0 Å². The Hall–Kier alpha value is -1.60. The van der Waals surface area contributed by atoms with Crippen molar-refractivity contribution in [1.82, 2.24) is 0 Å². The molecule has 21 heavy (non-hydrogen) atoms. The molecule has 0 spiro atoms. The zero-order chi connectivity index (χ0) is 15.0. The van der Waals surface area contributed by atoms with E-state index in [1.165, 1.54) is 36.0 Å². The van der Waals surface area contributed by atoms with Crippen LogP contribution < -0.4 is 0 Å². The SMILES string of the molecule is Cc1cc(C)c(C(O)c2ccc(C3CCC3)cc2)cc1C. The van der Waals surface area contributed by atoms with Gasteiger partial charge >= 0.3 is 0 Å². The summed E-state index contributed by atoms with van der Waals surface area (Å²) >= 11 is 0. The number of aryl methyl sites for hydroxylation is 3. The van der Waals surface area contributed by atoms with Crippen molar-refractivity contribution in [3.8, 4) is 0 Å². The van der Waals surface area contributed by atoms with E-state index in [1.54, 1.807) is 0 Å². The summed E-state index contributed by atoms with van der Waals surface area (Å²) in [6, 6.07) is 12.9. The Morgan fingerprint density at radius 3 is 2.10 bits per heavy atom. The molecule has 1 N–H and O–H groups in total. The van der Waals surface area contributed by atoms with Crippen LogP contribution in [-0.2, 0) is 0 Å². The Bertz CT molecular complexity index is 636. The largest absolute Gasteiger partial charge is 0.384 e. The number of hydrogen-bond donors (Lipinski definition) is 1. The van der Waals surface area contributed by atoms with Crippen LogP contribution in [0.1, 0.15) is 64.7 Å². The van der Waals surface area contributed by atoms with Gasteiger partial charge in [0, 0.05) is 0 Å². The average molecular weight is 280 g/mol. The molecule has 0 aromatic heterocycles. The Labute approximate surface area is 127 Å². The van der Waals surface area contributed by atoms with Gasteiger partial charge in [0.2, 0.25) is 0 Å². The van der Waals surface area contributed by atoms with Gasteiger partial charge in [0.15, 0.2) is 0 Å². The molecule has 0 saturated heterocycles. The fourth-order valence-corrected chi connectivity index (χ4v) is 3.15. The van der Waals surface area contributed by atoms with Crippen LogP contribution in [-0.4, -0.2) is 5.11 Å². The van der Waals surface area contributed by atoms with Crippen molar-refractivity contribution in [2.45, 2.75) is 52.1 Å².